The third kappa shape index (κ3) is 3.25. The average Bonchev–Trinajstić information content (AvgIpc) is 3.45. The number of amides is 1. The van der Waals surface area contributed by atoms with E-state index in [1.165, 1.54) is 18.4 Å². The smallest absolute Gasteiger partial charge is 0.354 e. The number of aromatic amines is 1. The summed E-state index contributed by atoms with van der Waals surface area (Å²) in [6.45, 7) is 2.69. The van der Waals surface area contributed by atoms with Crippen molar-refractivity contribution in [2.75, 3.05) is 12.4 Å². The van der Waals surface area contributed by atoms with Gasteiger partial charge in [0.1, 0.15) is 11.2 Å². The molecule has 0 saturated carbocycles. The Balaban J connectivity index is 1.51. The molecule has 0 radical (unpaired) electrons. The number of ether oxygens (including phenoxy) is 1. The molecule has 3 aromatic heterocycles. The lowest BCUT2D eigenvalue weighted by atomic mass is 10.2. The van der Waals surface area contributed by atoms with Crippen LogP contribution in [-0.4, -0.2) is 43.9 Å². The van der Waals surface area contributed by atoms with Crippen LogP contribution in [0.15, 0.2) is 35.8 Å². The first-order valence-corrected chi connectivity index (χ1v) is 9.34. The van der Waals surface area contributed by atoms with Crippen molar-refractivity contribution in [2.24, 2.45) is 0 Å². The minimum absolute atomic E-state index is 0.279. The van der Waals surface area contributed by atoms with Crippen LogP contribution in [0.2, 0.25) is 0 Å². The molecule has 142 valence electrons. The highest BCUT2D eigenvalue weighted by Crippen LogP contribution is 2.26. The van der Waals surface area contributed by atoms with Gasteiger partial charge in [0.2, 0.25) is 0 Å². The van der Waals surface area contributed by atoms with Gasteiger partial charge in [0.25, 0.3) is 5.91 Å². The Labute approximate surface area is 163 Å². The summed E-state index contributed by atoms with van der Waals surface area (Å²) >= 11 is 1.30. The van der Waals surface area contributed by atoms with Crippen molar-refractivity contribution < 1.29 is 14.3 Å². The molecule has 0 aliphatic carbocycles. The second-order valence-electron chi connectivity index (χ2n) is 5.89. The van der Waals surface area contributed by atoms with E-state index >= 15 is 0 Å². The number of H-pyrrole nitrogens is 1. The summed E-state index contributed by atoms with van der Waals surface area (Å²) in [6.07, 6.45) is 1.66. The number of carbonyl (C=O) groups excluding carboxylic acids is 2. The number of nitrogens with zero attached hydrogens (tertiary/aromatic N) is 4. The van der Waals surface area contributed by atoms with Gasteiger partial charge in [-0.15, -0.1) is 16.4 Å². The van der Waals surface area contributed by atoms with E-state index in [0.29, 0.717) is 34.1 Å². The number of methoxy groups -OCH3 is 1. The van der Waals surface area contributed by atoms with E-state index in [2.05, 4.69) is 30.3 Å². The number of hydrogen-bond acceptors (Lipinski definition) is 7. The maximum absolute atomic E-state index is 12.5. The lowest BCUT2D eigenvalue weighted by Crippen LogP contribution is -2.11. The summed E-state index contributed by atoms with van der Waals surface area (Å²) < 4.78 is 6.44. The first kappa shape index (κ1) is 17.9. The summed E-state index contributed by atoms with van der Waals surface area (Å²) in [5.41, 5.74) is 3.73. The molecule has 0 unspecified atom stereocenters. The number of esters is 1. The van der Waals surface area contributed by atoms with Crippen molar-refractivity contribution in [3.05, 3.63) is 47.1 Å². The lowest BCUT2D eigenvalue weighted by Gasteiger charge is -2.02. The van der Waals surface area contributed by atoms with Gasteiger partial charge in [0.05, 0.1) is 18.3 Å². The Morgan fingerprint density at radius 2 is 2.18 bits per heavy atom. The first-order chi connectivity index (χ1) is 13.6. The van der Waals surface area contributed by atoms with Crippen molar-refractivity contribution in [1.82, 2.24) is 25.0 Å². The number of anilines is 1. The number of aromatic nitrogens is 5. The first-order valence-electron chi connectivity index (χ1n) is 8.46. The zero-order chi connectivity index (χ0) is 19.7. The van der Waals surface area contributed by atoms with Crippen LogP contribution in [-0.2, 0) is 11.3 Å². The Bertz CT molecular complexity index is 1180. The fourth-order valence-corrected chi connectivity index (χ4v) is 3.46. The molecule has 0 saturated heterocycles. The molecular weight excluding hydrogens is 380 g/mol. The Kier molecular flexibility index (Phi) is 4.62. The molecule has 3 heterocycles. The minimum atomic E-state index is -0.453. The number of hydrogen-bond donors (Lipinski definition) is 2. The van der Waals surface area contributed by atoms with Gasteiger partial charge in [-0.1, -0.05) is 5.21 Å². The summed E-state index contributed by atoms with van der Waals surface area (Å²) in [6, 6.07) is 6.91. The van der Waals surface area contributed by atoms with Crippen LogP contribution >= 0.6 is 11.3 Å². The molecule has 0 atom stereocenters. The number of benzene rings is 1. The highest BCUT2D eigenvalue weighted by Gasteiger charge is 2.14. The van der Waals surface area contributed by atoms with Gasteiger partial charge in [-0.2, -0.15) is 0 Å². The highest BCUT2D eigenvalue weighted by molar-refractivity contribution is 7.14. The number of nitrogens with one attached hydrogen (secondary N) is 2. The molecule has 0 bridgehead atoms. The van der Waals surface area contributed by atoms with Gasteiger partial charge >= 0.3 is 5.97 Å². The molecule has 1 aromatic carbocycles. The molecular formula is C18H16N6O3S. The SMILES string of the molecule is CCn1nnc2cc(C(=O)Nc3nc(-c4c[nH]c(C(=O)OC)c4)cs3)ccc21. The third-order valence-corrected chi connectivity index (χ3v) is 4.94. The van der Waals surface area contributed by atoms with E-state index in [9.17, 15) is 9.59 Å². The van der Waals surface area contributed by atoms with Crippen molar-refractivity contribution >= 4 is 39.4 Å². The molecule has 0 fully saturated rings. The maximum atomic E-state index is 12.5. The second-order valence-corrected chi connectivity index (χ2v) is 6.75. The van der Waals surface area contributed by atoms with Crippen LogP contribution in [0.3, 0.4) is 0 Å². The monoisotopic (exact) mass is 396 g/mol. The van der Waals surface area contributed by atoms with E-state index in [4.69, 9.17) is 0 Å². The number of carbonyl (C=O) groups is 2. The molecule has 0 spiro atoms. The summed E-state index contributed by atoms with van der Waals surface area (Å²) in [5, 5.41) is 13.2. The largest absolute Gasteiger partial charge is 0.464 e. The number of aryl methyl sites for hydroxylation is 1. The van der Waals surface area contributed by atoms with Gasteiger partial charge < -0.3 is 9.72 Å². The van der Waals surface area contributed by atoms with E-state index in [0.717, 1.165) is 11.1 Å². The molecule has 28 heavy (non-hydrogen) atoms. The molecule has 0 aliphatic rings. The predicted octanol–water partition coefficient (Wildman–Crippen LogP) is 2.94. The maximum Gasteiger partial charge on any atom is 0.354 e. The summed E-state index contributed by atoms with van der Waals surface area (Å²) in [5.74, 6) is -0.733. The molecule has 0 aliphatic heterocycles. The minimum Gasteiger partial charge on any atom is -0.464 e. The van der Waals surface area contributed by atoms with Gasteiger partial charge in [-0.05, 0) is 31.2 Å². The van der Waals surface area contributed by atoms with Crippen LogP contribution < -0.4 is 5.32 Å². The fraction of sp³-hybridized carbons (Fsp3) is 0.167. The van der Waals surface area contributed by atoms with Gasteiger partial charge in [-0.25, -0.2) is 14.5 Å². The van der Waals surface area contributed by atoms with Crippen LogP contribution in [0.4, 0.5) is 5.13 Å². The lowest BCUT2D eigenvalue weighted by molar-refractivity contribution is 0.0594. The van der Waals surface area contributed by atoms with Crippen molar-refractivity contribution in [1.29, 1.82) is 0 Å². The van der Waals surface area contributed by atoms with Gasteiger partial charge in [0.15, 0.2) is 5.13 Å². The molecule has 2 N–H and O–H groups in total. The summed E-state index contributed by atoms with van der Waals surface area (Å²) in [4.78, 5) is 31.3. The molecule has 4 rings (SSSR count). The van der Waals surface area contributed by atoms with E-state index in [1.54, 1.807) is 34.5 Å². The van der Waals surface area contributed by atoms with Crippen molar-refractivity contribution in [3.8, 4) is 11.3 Å². The molecule has 10 heteroatoms. The Morgan fingerprint density at radius 1 is 1.32 bits per heavy atom. The standard InChI is InChI=1S/C18H16N6O3S/c1-3-24-15-5-4-10(6-12(15)22-23-24)16(25)21-18-20-14(9-28-18)11-7-13(19-8-11)17(26)27-2/h4-9,19H,3H2,1-2H3,(H,20,21,25). The van der Waals surface area contributed by atoms with Gasteiger partial charge in [0, 0.05) is 29.2 Å². The van der Waals surface area contributed by atoms with Crippen LogP contribution in [0, 0.1) is 0 Å². The fourth-order valence-electron chi connectivity index (χ4n) is 2.75. The van der Waals surface area contributed by atoms with Crippen molar-refractivity contribution in [3.63, 3.8) is 0 Å². The van der Waals surface area contributed by atoms with Crippen LogP contribution in [0.1, 0.15) is 27.8 Å². The molecule has 4 aromatic rings. The summed E-state index contributed by atoms with van der Waals surface area (Å²) in [7, 11) is 1.32. The number of thiazole rings is 1. The third-order valence-electron chi connectivity index (χ3n) is 4.18. The van der Waals surface area contributed by atoms with Crippen molar-refractivity contribution in [2.45, 2.75) is 13.5 Å². The van der Waals surface area contributed by atoms with E-state index in [-0.39, 0.29) is 5.91 Å². The Hall–Kier alpha value is -3.53. The van der Waals surface area contributed by atoms with Gasteiger partial charge in [-0.3, -0.25) is 10.1 Å². The van der Waals surface area contributed by atoms with E-state index < -0.39 is 5.97 Å². The van der Waals surface area contributed by atoms with Crippen LogP contribution in [0.5, 0.6) is 0 Å². The zero-order valence-electron chi connectivity index (χ0n) is 15.1. The van der Waals surface area contributed by atoms with E-state index in [1.807, 2.05) is 13.0 Å². The topological polar surface area (TPSA) is 115 Å². The van der Waals surface area contributed by atoms with Crippen LogP contribution in [0.25, 0.3) is 22.3 Å². The molecule has 1 amide bonds. The number of rotatable bonds is 5. The normalized spacial score (nSPS) is 10.9. The zero-order valence-corrected chi connectivity index (χ0v) is 15.9. The predicted molar refractivity (Wildman–Crippen MR) is 104 cm³/mol. The number of fused-ring (bicyclic) bond motifs is 1. The average molecular weight is 396 g/mol. The molecule has 9 nitrogen and oxygen atoms in total. The highest BCUT2D eigenvalue weighted by atomic mass is 32.1. The Morgan fingerprint density at radius 3 is 2.96 bits per heavy atom. The second kappa shape index (κ2) is 7.24. The quantitative estimate of drug-likeness (QED) is 0.501.